The second-order valence-electron chi connectivity index (χ2n) is 7.87. The summed E-state index contributed by atoms with van der Waals surface area (Å²) >= 11 is 0. The van der Waals surface area contributed by atoms with Gasteiger partial charge in [0.2, 0.25) is 17.8 Å². The van der Waals surface area contributed by atoms with Gasteiger partial charge in [-0.2, -0.15) is 5.26 Å². The summed E-state index contributed by atoms with van der Waals surface area (Å²) in [5, 5.41) is 12.7. The van der Waals surface area contributed by atoms with E-state index in [-0.39, 0.29) is 11.8 Å². The van der Waals surface area contributed by atoms with Gasteiger partial charge in [0.25, 0.3) is 0 Å². The Balaban J connectivity index is 1.62. The third kappa shape index (κ3) is 4.41. The Labute approximate surface area is 165 Å². The van der Waals surface area contributed by atoms with Gasteiger partial charge in [0.05, 0.1) is 19.0 Å². The van der Waals surface area contributed by atoms with Crippen molar-refractivity contribution in [2.75, 3.05) is 18.0 Å². The third-order valence-corrected chi connectivity index (χ3v) is 5.92. The Bertz CT molecular complexity index is 741. The van der Waals surface area contributed by atoms with Crippen LogP contribution in [0.1, 0.15) is 51.4 Å². The highest BCUT2D eigenvalue weighted by Gasteiger charge is 2.40. The van der Waals surface area contributed by atoms with E-state index < -0.39 is 11.0 Å². The second kappa shape index (κ2) is 8.55. The Hall–Kier alpha value is -2.69. The van der Waals surface area contributed by atoms with Crippen LogP contribution in [-0.4, -0.2) is 40.4 Å². The summed E-state index contributed by atoms with van der Waals surface area (Å²) in [6.07, 6.45) is 10.9. The number of amides is 2. The lowest BCUT2D eigenvalue weighted by Gasteiger charge is -2.39. The summed E-state index contributed by atoms with van der Waals surface area (Å²) in [6, 6.07) is 4.02. The zero-order valence-electron chi connectivity index (χ0n) is 16.1. The van der Waals surface area contributed by atoms with E-state index in [4.69, 9.17) is 5.73 Å². The van der Waals surface area contributed by atoms with Crippen molar-refractivity contribution in [2.24, 2.45) is 11.1 Å². The normalized spacial score (nSPS) is 24.2. The van der Waals surface area contributed by atoms with Gasteiger partial charge in [-0.05, 0) is 38.2 Å². The van der Waals surface area contributed by atoms with Gasteiger partial charge in [-0.25, -0.2) is 9.97 Å². The van der Waals surface area contributed by atoms with Crippen molar-refractivity contribution >= 4 is 17.8 Å². The van der Waals surface area contributed by atoms with Crippen LogP contribution < -0.4 is 16.0 Å². The quantitative estimate of drug-likeness (QED) is 0.766. The van der Waals surface area contributed by atoms with Gasteiger partial charge in [0.15, 0.2) is 0 Å². The van der Waals surface area contributed by atoms with Crippen LogP contribution in [0.2, 0.25) is 0 Å². The highest BCUT2D eigenvalue weighted by Crippen LogP contribution is 2.39. The van der Waals surface area contributed by atoms with E-state index in [1.54, 1.807) is 18.5 Å². The number of hydrogen-bond donors (Lipinski definition) is 2. The molecule has 1 unspecified atom stereocenters. The summed E-state index contributed by atoms with van der Waals surface area (Å²) in [5.41, 5.74) is 4.01. The van der Waals surface area contributed by atoms with E-state index in [9.17, 15) is 14.9 Å². The van der Waals surface area contributed by atoms with Crippen molar-refractivity contribution in [1.82, 2.24) is 15.3 Å². The fraction of sp³-hybridized carbons (Fsp3) is 0.600. The van der Waals surface area contributed by atoms with Crippen LogP contribution in [0, 0.1) is 23.2 Å². The fourth-order valence-corrected chi connectivity index (χ4v) is 4.26. The number of hydrogen-bond acceptors (Lipinski definition) is 6. The Kier molecular flexibility index (Phi) is 6.12. The molecule has 2 aliphatic rings. The molecule has 1 aromatic heterocycles. The maximum atomic E-state index is 12.6. The van der Waals surface area contributed by atoms with E-state index in [1.807, 2.05) is 4.90 Å². The van der Waals surface area contributed by atoms with Crippen LogP contribution in [0.25, 0.3) is 0 Å². The summed E-state index contributed by atoms with van der Waals surface area (Å²) in [6.45, 7) is 1.06. The summed E-state index contributed by atoms with van der Waals surface area (Å²) in [4.78, 5) is 35.0. The predicted octanol–water partition coefficient (Wildman–Crippen LogP) is 1.49. The molecule has 1 aliphatic heterocycles. The Morgan fingerprint density at radius 3 is 2.57 bits per heavy atom. The molecular weight excluding hydrogens is 356 g/mol. The van der Waals surface area contributed by atoms with E-state index >= 15 is 0 Å². The van der Waals surface area contributed by atoms with Crippen molar-refractivity contribution in [3.05, 3.63) is 24.9 Å². The molecule has 0 bridgehead atoms. The number of anilines is 1. The summed E-state index contributed by atoms with van der Waals surface area (Å²) in [7, 11) is 0. The second-order valence-corrected chi connectivity index (χ2v) is 7.87. The SMILES string of the molecule is N#CC1(NC(=O)[CH]CC2(C(N)=O)CCCCC2)CCCN(c2ncccn2)C1. The molecule has 1 aromatic rings. The number of primary amides is 1. The first kappa shape index (κ1) is 20.1. The van der Waals surface area contributed by atoms with Gasteiger partial charge in [0, 0.05) is 24.4 Å². The molecule has 1 aliphatic carbocycles. The van der Waals surface area contributed by atoms with Crippen molar-refractivity contribution in [3.8, 4) is 6.07 Å². The molecule has 8 heteroatoms. The topological polar surface area (TPSA) is 125 Å². The highest BCUT2D eigenvalue weighted by atomic mass is 16.2. The van der Waals surface area contributed by atoms with Crippen molar-refractivity contribution in [1.29, 1.82) is 5.26 Å². The van der Waals surface area contributed by atoms with E-state index in [1.165, 1.54) is 6.42 Å². The fourth-order valence-electron chi connectivity index (χ4n) is 4.26. The number of nitriles is 1. The molecule has 0 aromatic carbocycles. The van der Waals surface area contributed by atoms with Gasteiger partial charge in [-0.1, -0.05) is 19.3 Å². The molecule has 1 radical (unpaired) electrons. The van der Waals surface area contributed by atoms with Crippen LogP contribution in [0.15, 0.2) is 18.5 Å². The number of nitrogens with one attached hydrogen (secondary N) is 1. The lowest BCUT2D eigenvalue weighted by Crippen LogP contribution is -2.58. The molecule has 28 heavy (non-hydrogen) atoms. The molecular formula is C20H27N6O2. The van der Waals surface area contributed by atoms with Crippen LogP contribution in [-0.2, 0) is 9.59 Å². The Morgan fingerprint density at radius 1 is 1.21 bits per heavy atom. The minimum absolute atomic E-state index is 0.321. The molecule has 1 saturated heterocycles. The average Bonchev–Trinajstić information content (AvgIpc) is 2.73. The third-order valence-electron chi connectivity index (χ3n) is 5.92. The molecule has 1 saturated carbocycles. The number of rotatable bonds is 6. The van der Waals surface area contributed by atoms with Gasteiger partial charge >= 0.3 is 0 Å². The predicted molar refractivity (Wildman–Crippen MR) is 104 cm³/mol. The monoisotopic (exact) mass is 383 g/mol. The van der Waals surface area contributed by atoms with Crippen LogP contribution in [0.4, 0.5) is 5.95 Å². The molecule has 3 N–H and O–H groups in total. The molecule has 2 heterocycles. The first-order valence-electron chi connectivity index (χ1n) is 9.87. The largest absolute Gasteiger partial charge is 0.369 e. The molecule has 2 fully saturated rings. The van der Waals surface area contributed by atoms with Gasteiger partial charge in [0.1, 0.15) is 5.54 Å². The number of nitrogens with two attached hydrogens (primary N) is 1. The van der Waals surface area contributed by atoms with Crippen LogP contribution in [0.5, 0.6) is 0 Å². The van der Waals surface area contributed by atoms with Gasteiger partial charge < -0.3 is 16.0 Å². The zero-order valence-corrected chi connectivity index (χ0v) is 16.1. The number of carbonyl (C=O) groups is 2. The minimum atomic E-state index is -1.00. The summed E-state index contributed by atoms with van der Waals surface area (Å²) in [5.74, 6) is -0.116. The zero-order chi connectivity index (χ0) is 20.0. The molecule has 2 amide bonds. The maximum Gasteiger partial charge on any atom is 0.225 e. The number of aromatic nitrogens is 2. The van der Waals surface area contributed by atoms with E-state index in [0.717, 1.165) is 32.2 Å². The smallest absolute Gasteiger partial charge is 0.225 e. The summed E-state index contributed by atoms with van der Waals surface area (Å²) < 4.78 is 0. The Morgan fingerprint density at radius 2 is 1.93 bits per heavy atom. The molecule has 0 spiro atoms. The van der Waals surface area contributed by atoms with Crippen molar-refractivity contribution < 1.29 is 9.59 Å². The number of carbonyl (C=O) groups excluding carboxylic acids is 2. The maximum absolute atomic E-state index is 12.6. The van der Waals surface area contributed by atoms with Gasteiger partial charge in [-0.15, -0.1) is 0 Å². The lowest BCUT2D eigenvalue weighted by molar-refractivity contribution is -0.130. The van der Waals surface area contributed by atoms with Crippen LogP contribution in [0.3, 0.4) is 0 Å². The average molecular weight is 383 g/mol. The molecule has 1 atom stereocenters. The van der Waals surface area contributed by atoms with Crippen molar-refractivity contribution in [3.63, 3.8) is 0 Å². The lowest BCUT2D eigenvalue weighted by atomic mass is 9.70. The highest BCUT2D eigenvalue weighted by molar-refractivity contribution is 5.88. The molecule has 149 valence electrons. The number of nitrogens with zero attached hydrogens (tertiary/aromatic N) is 4. The number of piperidine rings is 1. The van der Waals surface area contributed by atoms with Crippen molar-refractivity contribution in [2.45, 2.75) is 56.9 Å². The molecule has 8 nitrogen and oxygen atoms in total. The standard InChI is InChI=1S/C20H27N6O2/c21-14-20(9-4-13-26(15-20)18-23-11-5-12-24-18)25-16(27)6-10-19(17(22)28)7-2-1-3-8-19/h5-6,11-12H,1-4,7-10,13,15H2,(H2,22,28)(H,25,27). The minimum Gasteiger partial charge on any atom is -0.369 e. The van der Waals surface area contributed by atoms with Crippen LogP contribution >= 0.6 is 0 Å². The van der Waals surface area contributed by atoms with E-state index in [0.29, 0.717) is 38.2 Å². The first-order valence-corrected chi connectivity index (χ1v) is 9.87. The molecule has 3 rings (SSSR count). The van der Waals surface area contributed by atoms with E-state index in [2.05, 4.69) is 21.4 Å². The first-order chi connectivity index (χ1) is 13.5. The van der Waals surface area contributed by atoms with Gasteiger partial charge in [-0.3, -0.25) is 9.59 Å².